The highest BCUT2D eigenvalue weighted by Gasteiger charge is 2.23. The molecule has 3 rings (SSSR count). The van der Waals surface area contributed by atoms with Crippen LogP contribution in [0.5, 0.6) is 0 Å². The van der Waals surface area contributed by atoms with Crippen molar-refractivity contribution in [2.75, 3.05) is 18.4 Å². The molecule has 0 saturated carbocycles. The van der Waals surface area contributed by atoms with Gasteiger partial charge in [-0.05, 0) is 55.9 Å². The van der Waals surface area contributed by atoms with E-state index in [1.807, 2.05) is 31.2 Å². The molecule has 2 heterocycles. The lowest BCUT2D eigenvalue weighted by molar-refractivity contribution is -0.133. The lowest BCUT2D eigenvalue weighted by Gasteiger charge is -2.32. The minimum absolute atomic E-state index is 0.0144. The van der Waals surface area contributed by atoms with Crippen molar-refractivity contribution in [2.45, 2.75) is 39.2 Å². The summed E-state index contributed by atoms with van der Waals surface area (Å²) in [7, 11) is 0. The molecule has 29 heavy (non-hydrogen) atoms. The third-order valence-electron chi connectivity index (χ3n) is 5.17. The van der Waals surface area contributed by atoms with E-state index in [9.17, 15) is 14.4 Å². The van der Waals surface area contributed by atoms with Crippen LogP contribution in [0.3, 0.4) is 0 Å². The fourth-order valence-electron chi connectivity index (χ4n) is 3.52. The van der Waals surface area contributed by atoms with Crippen LogP contribution in [0.15, 0.2) is 41.2 Å². The number of aryl methyl sites for hydroxylation is 1. The summed E-state index contributed by atoms with van der Waals surface area (Å²) in [5.74, 6) is 0.285. The van der Waals surface area contributed by atoms with Gasteiger partial charge in [-0.1, -0.05) is 23.7 Å². The zero-order valence-corrected chi connectivity index (χ0v) is 17.2. The molecule has 1 aliphatic rings. The molecule has 2 amide bonds. The van der Waals surface area contributed by atoms with Gasteiger partial charge in [0.15, 0.2) is 0 Å². The predicted octanol–water partition coefficient (Wildman–Crippen LogP) is 2.86. The fraction of sp³-hybridized carbons (Fsp3) is 0.429. The highest BCUT2D eigenvalue weighted by atomic mass is 35.5. The number of nitrogens with zero attached hydrogens (tertiary/aromatic N) is 3. The number of hydrogen-bond acceptors (Lipinski definition) is 4. The van der Waals surface area contributed by atoms with Crippen molar-refractivity contribution in [3.05, 3.63) is 57.5 Å². The number of halogens is 1. The first-order chi connectivity index (χ1) is 13.9. The first-order valence-corrected chi connectivity index (χ1v) is 10.2. The standard InChI is InChI=1S/C21H25ClN4O3/c1-15-3-2-4-17(13-15)23-19(27)7-5-16-9-11-25(12-10-16)21(29)14-26-20(28)8-6-18(22)24-26/h2-4,6,8,13,16H,5,7,9-12,14H2,1H3,(H,23,27). The Hall–Kier alpha value is -2.67. The van der Waals surface area contributed by atoms with Crippen molar-refractivity contribution in [2.24, 2.45) is 5.92 Å². The van der Waals surface area contributed by atoms with E-state index in [2.05, 4.69) is 10.4 Å². The first kappa shape index (κ1) is 21.0. The summed E-state index contributed by atoms with van der Waals surface area (Å²) in [5, 5.41) is 7.00. The van der Waals surface area contributed by atoms with Crippen LogP contribution in [0, 0.1) is 12.8 Å². The van der Waals surface area contributed by atoms with E-state index in [1.165, 1.54) is 12.1 Å². The van der Waals surface area contributed by atoms with E-state index in [0.717, 1.165) is 35.2 Å². The van der Waals surface area contributed by atoms with Gasteiger partial charge in [-0.25, -0.2) is 4.68 Å². The molecule has 8 heteroatoms. The van der Waals surface area contributed by atoms with E-state index in [1.54, 1.807) is 4.90 Å². The van der Waals surface area contributed by atoms with Crippen molar-refractivity contribution in [3.63, 3.8) is 0 Å². The minimum Gasteiger partial charge on any atom is -0.341 e. The third-order valence-corrected chi connectivity index (χ3v) is 5.37. The molecule has 0 bridgehead atoms. The smallest absolute Gasteiger partial charge is 0.267 e. The number of benzene rings is 1. The van der Waals surface area contributed by atoms with Crippen LogP contribution < -0.4 is 10.9 Å². The van der Waals surface area contributed by atoms with Crippen LogP contribution >= 0.6 is 11.6 Å². The third kappa shape index (κ3) is 6.15. The summed E-state index contributed by atoms with van der Waals surface area (Å²) >= 11 is 5.80. The van der Waals surface area contributed by atoms with Crippen molar-refractivity contribution in [1.82, 2.24) is 14.7 Å². The monoisotopic (exact) mass is 416 g/mol. The summed E-state index contributed by atoms with van der Waals surface area (Å²) in [6.45, 7) is 3.13. The van der Waals surface area contributed by atoms with Crippen molar-refractivity contribution in [1.29, 1.82) is 0 Å². The molecule has 1 N–H and O–H groups in total. The van der Waals surface area contributed by atoms with Crippen molar-refractivity contribution < 1.29 is 9.59 Å². The summed E-state index contributed by atoms with van der Waals surface area (Å²) in [4.78, 5) is 38.2. The predicted molar refractivity (Wildman–Crippen MR) is 112 cm³/mol. The highest BCUT2D eigenvalue weighted by molar-refractivity contribution is 6.29. The molecule has 1 fully saturated rings. The van der Waals surface area contributed by atoms with Crippen LogP contribution in [0.25, 0.3) is 0 Å². The maximum absolute atomic E-state index is 12.5. The van der Waals surface area contributed by atoms with Crippen LogP contribution in [0.1, 0.15) is 31.2 Å². The van der Waals surface area contributed by atoms with Crippen LogP contribution in [0.2, 0.25) is 5.15 Å². The molecule has 1 aliphatic heterocycles. The number of hydrogen-bond donors (Lipinski definition) is 1. The van der Waals surface area contributed by atoms with Crippen molar-refractivity contribution in [3.8, 4) is 0 Å². The lowest BCUT2D eigenvalue weighted by Crippen LogP contribution is -2.42. The van der Waals surface area contributed by atoms with Gasteiger partial charge in [0, 0.05) is 31.3 Å². The number of likely N-dealkylation sites (tertiary alicyclic amines) is 1. The number of carbonyl (C=O) groups is 2. The largest absolute Gasteiger partial charge is 0.341 e. The average Bonchev–Trinajstić information content (AvgIpc) is 2.69. The maximum Gasteiger partial charge on any atom is 0.267 e. The number of piperidine rings is 1. The average molecular weight is 417 g/mol. The number of nitrogens with one attached hydrogen (secondary N) is 1. The zero-order valence-electron chi connectivity index (χ0n) is 16.4. The number of rotatable bonds is 6. The van der Waals surface area contributed by atoms with Gasteiger partial charge in [0.25, 0.3) is 5.56 Å². The molecular formula is C21H25ClN4O3. The van der Waals surface area contributed by atoms with Crippen LogP contribution in [-0.2, 0) is 16.1 Å². The Morgan fingerprint density at radius 3 is 2.69 bits per heavy atom. The molecule has 0 spiro atoms. The topological polar surface area (TPSA) is 84.3 Å². The highest BCUT2D eigenvalue weighted by Crippen LogP contribution is 2.22. The van der Waals surface area contributed by atoms with Gasteiger partial charge < -0.3 is 10.2 Å². The van der Waals surface area contributed by atoms with Gasteiger partial charge in [-0.3, -0.25) is 14.4 Å². The van der Waals surface area contributed by atoms with Crippen LogP contribution in [-0.4, -0.2) is 39.6 Å². The number of carbonyl (C=O) groups excluding carboxylic acids is 2. The molecule has 0 atom stereocenters. The Kier molecular flexibility index (Phi) is 7.04. The van der Waals surface area contributed by atoms with E-state index in [-0.39, 0.29) is 29.1 Å². The van der Waals surface area contributed by atoms with E-state index in [0.29, 0.717) is 25.4 Å². The van der Waals surface area contributed by atoms with Gasteiger partial charge in [-0.2, -0.15) is 5.10 Å². The minimum atomic E-state index is -0.350. The quantitative estimate of drug-likeness (QED) is 0.784. The summed E-state index contributed by atoms with van der Waals surface area (Å²) in [5.41, 5.74) is 1.58. The van der Waals surface area contributed by atoms with Crippen molar-refractivity contribution >= 4 is 29.1 Å². The molecule has 1 aromatic carbocycles. The Bertz CT molecular complexity index is 936. The number of anilines is 1. The maximum atomic E-state index is 12.5. The summed E-state index contributed by atoms with van der Waals surface area (Å²) in [6, 6.07) is 10.5. The molecular weight excluding hydrogens is 392 g/mol. The van der Waals surface area contributed by atoms with E-state index < -0.39 is 0 Å². The Morgan fingerprint density at radius 1 is 1.21 bits per heavy atom. The zero-order chi connectivity index (χ0) is 20.8. The van der Waals surface area contributed by atoms with Crippen LogP contribution in [0.4, 0.5) is 5.69 Å². The molecule has 1 aromatic heterocycles. The molecule has 1 saturated heterocycles. The Morgan fingerprint density at radius 2 is 1.97 bits per heavy atom. The SMILES string of the molecule is Cc1cccc(NC(=O)CCC2CCN(C(=O)Cn3nc(Cl)ccc3=O)CC2)c1. The second kappa shape index (κ2) is 9.69. The molecule has 2 aromatic rings. The van der Waals surface area contributed by atoms with Gasteiger partial charge in [-0.15, -0.1) is 0 Å². The van der Waals surface area contributed by atoms with Gasteiger partial charge in [0.05, 0.1) is 0 Å². The molecule has 0 aliphatic carbocycles. The summed E-state index contributed by atoms with van der Waals surface area (Å²) in [6.07, 6.45) is 2.96. The van der Waals surface area contributed by atoms with Gasteiger partial charge in [0.1, 0.15) is 11.7 Å². The fourth-order valence-corrected chi connectivity index (χ4v) is 3.67. The normalized spacial score (nSPS) is 14.6. The number of amides is 2. The first-order valence-electron chi connectivity index (χ1n) is 9.78. The molecule has 0 unspecified atom stereocenters. The summed E-state index contributed by atoms with van der Waals surface area (Å²) < 4.78 is 1.09. The lowest BCUT2D eigenvalue weighted by atomic mass is 9.92. The Balaban J connectivity index is 1.42. The van der Waals surface area contributed by atoms with E-state index in [4.69, 9.17) is 11.6 Å². The molecule has 0 radical (unpaired) electrons. The van der Waals surface area contributed by atoms with Gasteiger partial charge in [0.2, 0.25) is 11.8 Å². The Labute approximate surface area is 174 Å². The molecule has 7 nitrogen and oxygen atoms in total. The van der Waals surface area contributed by atoms with E-state index >= 15 is 0 Å². The second-order valence-corrected chi connectivity index (χ2v) is 7.82. The molecule has 154 valence electrons. The number of aromatic nitrogens is 2. The second-order valence-electron chi connectivity index (χ2n) is 7.43. The van der Waals surface area contributed by atoms with Gasteiger partial charge >= 0.3 is 0 Å².